The normalized spacial score (nSPS) is 21.3. The summed E-state index contributed by atoms with van der Waals surface area (Å²) in [4.78, 5) is 15.9. The molecule has 1 aliphatic rings. The first kappa shape index (κ1) is 14.5. The topological polar surface area (TPSA) is 76.1 Å². The second-order valence-corrected chi connectivity index (χ2v) is 7.92. The largest absolute Gasteiger partial charge is 0.311 e. The summed E-state index contributed by atoms with van der Waals surface area (Å²) in [5, 5.41) is 2.70. The van der Waals surface area contributed by atoms with Crippen LogP contribution in [0.3, 0.4) is 0 Å². The first-order chi connectivity index (χ1) is 8.85. The molecule has 1 atom stereocenters. The average Bonchev–Trinajstić information content (AvgIpc) is 2.63. The predicted octanol–water partition coefficient (Wildman–Crippen LogP) is 1.92. The molecule has 0 aromatic carbocycles. The van der Waals surface area contributed by atoms with E-state index in [-0.39, 0.29) is 29.8 Å². The first-order valence-corrected chi connectivity index (χ1v) is 8.59. The van der Waals surface area contributed by atoms with Crippen LogP contribution < -0.4 is 5.32 Å². The van der Waals surface area contributed by atoms with Crippen LogP contribution in [0.2, 0.25) is 0 Å². The monoisotopic (exact) mass is 346 g/mol. The third-order valence-corrected chi connectivity index (χ3v) is 5.78. The number of sulfone groups is 1. The SMILES string of the molecule is Cc1cc(NC(=O)CC2CCS(=O)(=O)C2)ncc1Br. The van der Waals surface area contributed by atoms with Gasteiger partial charge in [-0.3, -0.25) is 4.79 Å². The molecule has 0 bridgehead atoms. The summed E-state index contributed by atoms with van der Waals surface area (Å²) in [6.45, 7) is 1.91. The maximum atomic E-state index is 11.8. The molecule has 1 N–H and O–H groups in total. The van der Waals surface area contributed by atoms with Gasteiger partial charge in [0.05, 0.1) is 11.5 Å². The maximum Gasteiger partial charge on any atom is 0.225 e. The van der Waals surface area contributed by atoms with Crippen molar-refractivity contribution < 1.29 is 13.2 Å². The molecule has 0 aliphatic carbocycles. The number of aryl methyl sites for hydroxylation is 1. The molecule has 1 unspecified atom stereocenters. The lowest BCUT2D eigenvalue weighted by Crippen LogP contribution is -2.18. The van der Waals surface area contributed by atoms with Crippen LogP contribution in [0.5, 0.6) is 0 Å². The minimum atomic E-state index is -2.93. The molecule has 1 fully saturated rings. The molecule has 1 amide bonds. The van der Waals surface area contributed by atoms with Crippen molar-refractivity contribution in [3.8, 4) is 0 Å². The Morgan fingerprint density at radius 1 is 1.58 bits per heavy atom. The van der Waals surface area contributed by atoms with Crippen molar-refractivity contribution in [2.75, 3.05) is 16.8 Å². The van der Waals surface area contributed by atoms with Crippen LogP contribution in [0, 0.1) is 12.8 Å². The molecule has 0 radical (unpaired) electrons. The number of amides is 1. The fourth-order valence-electron chi connectivity index (χ4n) is 2.10. The van der Waals surface area contributed by atoms with Crippen LogP contribution in [-0.2, 0) is 14.6 Å². The molecule has 7 heteroatoms. The predicted molar refractivity (Wildman–Crippen MR) is 76.7 cm³/mol. The molecular formula is C12H15BrN2O3S. The molecule has 1 saturated heterocycles. The summed E-state index contributed by atoms with van der Waals surface area (Å²) in [6.07, 6.45) is 2.43. The lowest BCUT2D eigenvalue weighted by atomic mass is 10.1. The van der Waals surface area contributed by atoms with Gasteiger partial charge in [-0.1, -0.05) is 0 Å². The number of aromatic nitrogens is 1. The number of nitrogens with zero attached hydrogens (tertiary/aromatic N) is 1. The molecule has 5 nitrogen and oxygen atoms in total. The number of carbonyl (C=O) groups excluding carboxylic acids is 1. The Hall–Kier alpha value is -0.950. The Morgan fingerprint density at radius 2 is 2.32 bits per heavy atom. The van der Waals surface area contributed by atoms with Gasteiger partial charge in [0.15, 0.2) is 9.84 Å². The highest BCUT2D eigenvalue weighted by Crippen LogP contribution is 2.22. The van der Waals surface area contributed by atoms with E-state index in [2.05, 4.69) is 26.2 Å². The van der Waals surface area contributed by atoms with E-state index >= 15 is 0 Å². The molecule has 2 rings (SSSR count). The number of carbonyl (C=O) groups is 1. The second kappa shape index (κ2) is 5.58. The summed E-state index contributed by atoms with van der Waals surface area (Å²) in [7, 11) is -2.93. The Labute approximate surface area is 120 Å². The zero-order valence-corrected chi connectivity index (χ0v) is 12.9. The number of rotatable bonds is 3. The van der Waals surface area contributed by atoms with Gasteiger partial charge in [-0.2, -0.15) is 0 Å². The Kier molecular flexibility index (Phi) is 4.25. The van der Waals surface area contributed by atoms with Gasteiger partial charge in [0.25, 0.3) is 0 Å². The van der Waals surface area contributed by atoms with Gasteiger partial charge in [-0.05, 0) is 46.8 Å². The minimum Gasteiger partial charge on any atom is -0.311 e. The molecule has 19 heavy (non-hydrogen) atoms. The van der Waals surface area contributed by atoms with Gasteiger partial charge < -0.3 is 5.32 Å². The summed E-state index contributed by atoms with van der Waals surface area (Å²) in [6, 6.07) is 1.77. The molecule has 0 saturated carbocycles. The van der Waals surface area contributed by atoms with Gasteiger partial charge in [0.1, 0.15) is 5.82 Å². The first-order valence-electron chi connectivity index (χ1n) is 5.98. The summed E-state index contributed by atoms with van der Waals surface area (Å²) in [5.41, 5.74) is 0.980. The fourth-order valence-corrected chi connectivity index (χ4v) is 4.18. The van der Waals surface area contributed by atoms with Gasteiger partial charge >= 0.3 is 0 Å². The Bertz CT molecular complexity index is 601. The zero-order chi connectivity index (χ0) is 14.0. The summed E-state index contributed by atoms with van der Waals surface area (Å²) in [5.74, 6) is 0.554. The standard InChI is InChI=1S/C12H15BrN2O3S/c1-8-4-11(14-6-10(8)13)15-12(16)5-9-2-3-19(17,18)7-9/h4,6,9H,2-3,5,7H2,1H3,(H,14,15,16). The summed E-state index contributed by atoms with van der Waals surface area (Å²) >= 11 is 3.34. The molecule has 104 valence electrons. The quantitative estimate of drug-likeness (QED) is 0.906. The molecule has 1 aromatic heterocycles. The molecule has 1 aromatic rings. The minimum absolute atomic E-state index is 0.0680. The van der Waals surface area contributed by atoms with Crippen molar-refractivity contribution in [2.45, 2.75) is 19.8 Å². The third-order valence-electron chi connectivity index (χ3n) is 3.12. The number of anilines is 1. The van der Waals surface area contributed by atoms with Gasteiger partial charge in [-0.15, -0.1) is 0 Å². The Morgan fingerprint density at radius 3 is 2.89 bits per heavy atom. The van der Waals surface area contributed by atoms with E-state index in [1.54, 1.807) is 12.3 Å². The van der Waals surface area contributed by atoms with Crippen molar-refractivity contribution in [3.05, 3.63) is 22.3 Å². The summed E-state index contributed by atoms with van der Waals surface area (Å²) < 4.78 is 23.5. The van der Waals surface area contributed by atoms with E-state index in [0.29, 0.717) is 12.2 Å². The van der Waals surface area contributed by atoms with E-state index in [9.17, 15) is 13.2 Å². The van der Waals surface area contributed by atoms with Crippen molar-refractivity contribution >= 4 is 37.5 Å². The van der Waals surface area contributed by atoms with Crippen molar-refractivity contribution in [2.24, 2.45) is 5.92 Å². The molecular weight excluding hydrogens is 332 g/mol. The van der Waals surface area contributed by atoms with E-state index in [1.165, 1.54) is 0 Å². The van der Waals surface area contributed by atoms with Crippen LogP contribution in [0.1, 0.15) is 18.4 Å². The smallest absolute Gasteiger partial charge is 0.225 e. The van der Waals surface area contributed by atoms with Crippen molar-refractivity contribution in [3.63, 3.8) is 0 Å². The van der Waals surface area contributed by atoms with E-state index in [1.807, 2.05) is 6.92 Å². The highest BCUT2D eigenvalue weighted by Gasteiger charge is 2.29. The van der Waals surface area contributed by atoms with E-state index < -0.39 is 9.84 Å². The van der Waals surface area contributed by atoms with Crippen LogP contribution >= 0.6 is 15.9 Å². The van der Waals surface area contributed by atoms with Gasteiger partial charge in [0.2, 0.25) is 5.91 Å². The number of halogens is 1. The highest BCUT2D eigenvalue weighted by molar-refractivity contribution is 9.10. The molecule has 2 heterocycles. The molecule has 1 aliphatic heterocycles. The van der Waals surface area contributed by atoms with Crippen molar-refractivity contribution in [1.82, 2.24) is 4.98 Å². The number of hydrogen-bond acceptors (Lipinski definition) is 4. The van der Waals surface area contributed by atoms with Crippen LogP contribution in [0.4, 0.5) is 5.82 Å². The average molecular weight is 347 g/mol. The van der Waals surface area contributed by atoms with Crippen LogP contribution in [0.25, 0.3) is 0 Å². The maximum absolute atomic E-state index is 11.8. The fraction of sp³-hybridized carbons (Fsp3) is 0.500. The zero-order valence-electron chi connectivity index (χ0n) is 10.5. The lowest BCUT2D eigenvalue weighted by Gasteiger charge is -2.09. The van der Waals surface area contributed by atoms with Gasteiger partial charge in [-0.25, -0.2) is 13.4 Å². The number of hydrogen-bond donors (Lipinski definition) is 1. The number of pyridine rings is 1. The van der Waals surface area contributed by atoms with E-state index in [0.717, 1.165) is 10.0 Å². The second-order valence-electron chi connectivity index (χ2n) is 4.84. The van der Waals surface area contributed by atoms with Crippen LogP contribution in [-0.4, -0.2) is 30.8 Å². The van der Waals surface area contributed by atoms with Crippen molar-refractivity contribution in [1.29, 1.82) is 0 Å². The highest BCUT2D eigenvalue weighted by atomic mass is 79.9. The lowest BCUT2D eigenvalue weighted by molar-refractivity contribution is -0.116. The third kappa shape index (κ3) is 4.01. The van der Waals surface area contributed by atoms with Crippen LogP contribution in [0.15, 0.2) is 16.7 Å². The number of nitrogens with one attached hydrogen (secondary N) is 1. The van der Waals surface area contributed by atoms with E-state index in [4.69, 9.17) is 0 Å². The Balaban J connectivity index is 1.93. The van der Waals surface area contributed by atoms with Gasteiger partial charge in [0, 0.05) is 17.1 Å². The molecule has 0 spiro atoms.